The van der Waals surface area contributed by atoms with Crippen molar-refractivity contribution in [2.24, 2.45) is 0 Å². The quantitative estimate of drug-likeness (QED) is 0.735. The van der Waals surface area contributed by atoms with Gasteiger partial charge in [0.1, 0.15) is 5.82 Å². The van der Waals surface area contributed by atoms with E-state index < -0.39 is 0 Å². The van der Waals surface area contributed by atoms with Crippen LogP contribution < -0.4 is 0 Å². The lowest BCUT2D eigenvalue weighted by Crippen LogP contribution is -2.07. The van der Waals surface area contributed by atoms with Crippen molar-refractivity contribution in [3.05, 3.63) is 34.1 Å². The van der Waals surface area contributed by atoms with Crippen molar-refractivity contribution in [1.82, 2.24) is 0 Å². The highest BCUT2D eigenvalue weighted by molar-refractivity contribution is 9.10. The van der Waals surface area contributed by atoms with Gasteiger partial charge in [-0.05, 0) is 40.4 Å². The van der Waals surface area contributed by atoms with E-state index in [1.54, 1.807) is 6.07 Å². The van der Waals surface area contributed by atoms with Crippen molar-refractivity contribution in [3.8, 4) is 0 Å². The molecule has 2 rings (SSSR count). The molecule has 0 radical (unpaired) electrons. The first-order valence-electron chi connectivity index (χ1n) is 4.87. The van der Waals surface area contributed by atoms with Crippen molar-refractivity contribution in [2.45, 2.75) is 25.0 Å². The van der Waals surface area contributed by atoms with Gasteiger partial charge in [0.15, 0.2) is 0 Å². The first kappa shape index (κ1) is 11.6. The third kappa shape index (κ3) is 2.43. The van der Waals surface area contributed by atoms with Crippen molar-refractivity contribution in [2.75, 3.05) is 5.33 Å². The Kier molecular flexibility index (Phi) is 3.80. The molecule has 0 N–H and O–H groups in total. The highest BCUT2D eigenvalue weighted by Crippen LogP contribution is 2.37. The monoisotopic (exact) mass is 336 g/mol. The van der Waals surface area contributed by atoms with Gasteiger partial charge in [0, 0.05) is 5.33 Å². The Balaban J connectivity index is 2.20. The number of alkyl halides is 1. The van der Waals surface area contributed by atoms with Gasteiger partial charge >= 0.3 is 0 Å². The molecule has 2 atom stereocenters. The second-order valence-electron chi connectivity index (χ2n) is 3.62. The summed E-state index contributed by atoms with van der Waals surface area (Å²) in [6.45, 7) is 0. The maximum atomic E-state index is 13.3. The van der Waals surface area contributed by atoms with Crippen LogP contribution >= 0.6 is 31.9 Å². The van der Waals surface area contributed by atoms with Gasteiger partial charge in [-0.15, -0.1) is 0 Å². The number of benzene rings is 1. The van der Waals surface area contributed by atoms with Crippen LogP contribution in [0.4, 0.5) is 4.39 Å². The molecule has 82 valence electrons. The third-order valence-corrected chi connectivity index (χ3v) is 4.17. The predicted octanol–water partition coefficient (Wildman–Crippen LogP) is 4.20. The van der Waals surface area contributed by atoms with Crippen molar-refractivity contribution in [1.29, 1.82) is 0 Å². The average Bonchev–Trinajstić information content (AvgIpc) is 2.70. The number of rotatable bonds is 2. The van der Waals surface area contributed by atoms with E-state index in [1.807, 2.05) is 6.07 Å². The van der Waals surface area contributed by atoms with Gasteiger partial charge < -0.3 is 4.74 Å². The van der Waals surface area contributed by atoms with Gasteiger partial charge in [0.2, 0.25) is 0 Å². The first-order chi connectivity index (χ1) is 7.22. The van der Waals surface area contributed by atoms with E-state index in [9.17, 15) is 4.39 Å². The Morgan fingerprint density at radius 1 is 1.40 bits per heavy atom. The lowest BCUT2D eigenvalue weighted by molar-refractivity contribution is 0.0582. The molecule has 0 aromatic heterocycles. The summed E-state index contributed by atoms with van der Waals surface area (Å²) < 4.78 is 19.6. The van der Waals surface area contributed by atoms with E-state index in [1.165, 1.54) is 6.07 Å². The van der Waals surface area contributed by atoms with Gasteiger partial charge in [-0.25, -0.2) is 4.39 Å². The Morgan fingerprint density at radius 2 is 2.20 bits per heavy atom. The SMILES string of the molecule is Fc1cccc(C2CCC(CBr)O2)c1Br. The molecule has 0 aliphatic carbocycles. The molecule has 2 unspecified atom stereocenters. The molecule has 1 aromatic rings. The summed E-state index contributed by atoms with van der Waals surface area (Å²) in [4.78, 5) is 0. The van der Waals surface area contributed by atoms with Crippen LogP contribution in [0.15, 0.2) is 22.7 Å². The molecule has 0 spiro atoms. The number of hydrogen-bond acceptors (Lipinski definition) is 1. The molecule has 0 bridgehead atoms. The number of halogens is 3. The molecule has 1 saturated heterocycles. The molecule has 1 heterocycles. The summed E-state index contributed by atoms with van der Waals surface area (Å²) in [6.07, 6.45) is 2.26. The second-order valence-corrected chi connectivity index (χ2v) is 5.06. The van der Waals surface area contributed by atoms with Gasteiger partial charge in [-0.3, -0.25) is 0 Å². The van der Waals surface area contributed by atoms with Crippen LogP contribution in [0.1, 0.15) is 24.5 Å². The molecular formula is C11H11Br2FO. The molecule has 0 amide bonds. The van der Waals surface area contributed by atoms with Crippen molar-refractivity contribution < 1.29 is 9.13 Å². The van der Waals surface area contributed by atoms with Crippen LogP contribution in [0, 0.1) is 5.82 Å². The Labute approximate surface area is 105 Å². The maximum absolute atomic E-state index is 13.3. The van der Waals surface area contributed by atoms with Crippen LogP contribution in [-0.4, -0.2) is 11.4 Å². The fourth-order valence-corrected chi connectivity index (χ4v) is 2.81. The molecule has 1 nitrogen and oxygen atoms in total. The van der Waals surface area contributed by atoms with E-state index in [0.717, 1.165) is 23.7 Å². The first-order valence-corrected chi connectivity index (χ1v) is 6.79. The molecule has 4 heteroatoms. The van der Waals surface area contributed by atoms with Gasteiger partial charge in [-0.2, -0.15) is 0 Å². The van der Waals surface area contributed by atoms with Gasteiger partial charge in [0.05, 0.1) is 16.7 Å². The summed E-state index contributed by atoms with van der Waals surface area (Å²) >= 11 is 6.66. The zero-order valence-electron chi connectivity index (χ0n) is 8.05. The van der Waals surface area contributed by atoms with Crippen LogP contribution in [0.25, 0.3) is 0 Å². The van der Waals surface area contributed by atoms with Crippen LogP contribution in [0.2, 0.25) is 0 Å². The summed E-state index contributed by atoms with van der Waals surface area (Å²) in [5.41, 5.74) is 0.915. The van der Waals surface area contributed by atoms with Crippen LogP contribution in [0.3, 0.4) is 0 Å². The summed E-state index contributed by atoms with van der Waals surface area (Å²) in [5.74, 6) is -0.224. The zero-order chi connectivity index (χ0) is 10.8. The maximum Gasteiger partial charge on any atom is 0.137 e. The zero-order valence-corrected chi connectivity index (χ0v) is 11.2. The average molecular weight is 338 g/mol. The van der Waals surface area contributed by atoms with Crippen molar-refractivity contribution >= 4 is 31.9 Å². The predicted molar refractivity (Wildman–Crippen MR) is 64.7 cm³/mol. The smallest absolute Gasteiger partial charge is 0.137 e. The lowest BCUT2D eigenvalue weighted by atomic mass is 10.1. The second kappa shape index (κ2) is 4.93. The third-order valence-electron chi connectivity index (χ3n) is 2.61. The normalized spacial score (nSPS) is 25.8. The molecule has 1 aromatic carbocycles. The van der Waals surface area contributed by atoms with E-state index in [0.29, 0.717) is 4.47 Å². The van der Waals surface area contributed by atoms with Crippen LogP contribution in [0.5, 0.6) is 0 Å². The topological polar surface area (TPSA) is 9.23 Å². The number of hydrogen-bond donors (Lipinski definition) is 0. The van der Waals surface area contributed by atoms with Crippen LogP contribution in [-0.2, 0) is 4.74 Å². The summed E-state index contributed by atoms with van der Waals surface area (Å²) in [5, 5.41) is 0.844. The van der Waals surface area contributed by atoms with E-state index >= 15 is 0 Å². The Hall–Kier alpha value is 0.0700. The molecular weight excluding hydrogens is 327 g/mol. The molecule has 0 saturated carbocycles. The Bertz CT molecular complexity index is 356. The standard InChI is InChI=1S/C11H11Br2FO/c12-6-7-4-5-10(15-7)8-2-1-3-9(14)11(8)13/h1-3,7,10H,4-6H2. The Morgan fingerprint density at radius 3 is 2.87 bits per heavy atom. The molecule has 1 aliphatic rings. The van der Waals surface area contributed by atoms with E-state index in [-0.39, 0.29) is 18.0 Å². The summed E-state index contributed by atoms with van der Waals surface area (Å²) in [6, 6.07) is 5.08. The molecule has 1 aliphatic heterocycles. The largest absolute Gasteiger partial charge is 0.369 e. The van der Waals surface area contributed by atoms with E-state index in [4.69, 9.17) is 4.74 Å². The highest BCUT2D eigenvalue weighted by atomic mass is 79.9. The minimum absolute atomic E-state index is 0.0256. The number of ether oxygens (including phenoxy) is 1. The molecule has 1 fully saturated rings. The fraction of sp³-hybridized carbons (Fsp3) is 0.455. The minimum Gasteiger partial charge on any atom is -0.369 e. The minimum atomic E-state index is -0.224. The van der Waals surface area contributed by atoms with Crippen molar-refractivity contribution in [3.63, 3.8) is 0 Å². The van der Waals surface area contributed by atoms with E-state index in [2.05, 4.69) is 31.9 Å². The van der Waals surface area contributed by atoms with Gasteiger partial charge in [-0.1, -0.05) is 28.1 Å². The summed E-state index contributed by atoms with van der Waals surface area (Å²) in [7, 11) is 0. The highest BCUT2D eigenvalue weighted by Gasteiger charge is 2.27. The lowest BCUT2D eigenvalue weighted by Gasteiger charge is -2.14. The fourth-order valence-electron chi connectivity index (χ4n) is 1.82. The molecule has 15 heavy (non-hydrogen) atoms. The van der Waals surface area contributed by atoms with Gasteiger partial charge in [0.25, 0.3) is 0 Å².